The molecule has 1 aliphatic heterocycles. The molecule has 20 heavy (non-hydrogen) atoms. The number of nitrogens with zero attached hydrogens (tertiary/aromatic N) is 3. The van der Waals surface area contributed by atoms with E-state index in [0.717, 1.165) is 5.56 Å². The molecule has 1 saturated heterocycles. The molecular weight excluding hydrogens is 261 g/mol. The maximum Gasteiger partial charge on any atom is 0.239 e. The maximum absolute atomic E-state index is 13.9. The van der Waals surface area contributed by atoms with E-state index in [4.69, 9.17) is 9.47 Å². The summed E-state index contributed by atoms with van der Waals surface area (Å²) >= 11 is 0. The zero-order valence-electron chi connectivity index (χ0n) is 12.1. The SMILES string of the molecule is Cc1cnc(F)c2c1ncn2C[C@@H]1OC(C)(C)O[C@@H]1C. The molecule has 0 radical (unpaired) electrons. The number of fused-ring (bicyclic) bond motifs is 1. The monoisotopic (exact) mass is 279 g/mol. The summed E-state index contributed by atoms with van der Waals surface area (Å²) in [6.07, 6.45) is 2.94. The summed E-state index contributed by atoms with van der Waals surface area (Å²) in [6.45, 7) is 8.07. The molecule has 3 heterocycles. The largest absolute Gasteiger partial charge is 0.345 e. The zero-order valence-corrected chi connectivity index (χ0v) is 12.1. The van der Waals surface area contributed by atoms with Gasteiger partial charge in [0.15, 0.2) is 5.79 Å². The van der Waals surface area contributed by atoms with Crippen molar-refractivity contribution in [3.05, 3.63) is 24.0 Å². The van der Waals surface area contributed by atoms with Crippen molar-refractivity contribution < 1.29 is 13.9 Å². The molecule has 0 aromatic carbocycles. The lowest BCUT2D eigenvalue weighted by Gasteiger charge is -2.17. The van der Waals surface area contributed by atoms with Crippen LogP contribution in [0.1, 0.15) is 26.3 Å². The van der Waals surface area contributed by atoms with Crippen molar-refractivity contribution in [1.29, 1.82) is 0 Å². The number of aromatic nitrogens is 3. The topological polar surface area (TPSA) is 49.2 Å². The number of halogens is 1. The Morgan fingerprint density at radius 2 is 2.10 bits per heavy atom. The molecule has 2 aromatic rings. The second-order valence-corrected chi connectivity index (χ2v) is 5.71. The van der Waals surface area contributed by atoms with Crippen molar-refractivity contribution in [2.24, 2.45) is 0 Å². The predicted octanol–water partition coefficient (Wildman–Crippen LogP) is 2.42. The Hall–Kier alpha value is -1.53. The van der Waals surface area contributed by atoms with Crippen LogP contribution in [0.15, 0.2) is 12.5 Å². The minimum Gasteiger partial charge on any atom is -0.345 e. The first-order valence-electron chi connectivity index (χ1n) is 6.69. The van der Waals surface area contributed by atoms with Crippen molar-refractivity contribution in [2.45, 2.75) is 52.2 Å². The van der Waals surface area contributed by atoms with Crippen LogP contribution in [0.2, 0.25) is 0 Å². The van der Waals surface area contributed by atoms with Gasteiger partial charge < -0.3 is 14.0 Å². The van der Waals surface area contributed by atoms with Crippen LogP contribution in [0.5, 0.6) is 0 Å². The lowest BCUT2D eigenvalue weighted by atomic mass is 10.2. The van der Waals surface area contributed by atoms with Gasteiger partial charge in [-0.2, -0.15) is 4.39 Å². The molecule has 0 aliphatic carbocycles. The van der Waals surface area contributed by atoms with E-state index < -0.39 is 11.7 Å². The van der Waals surface area contributed by atoms with Gasteiger partial charge in [0.25, 0.3) is 0 Å². The van der Waals surface area contributed by atoms with Gasteiger partial charge in [-0.3, -0.25) is 0 Å². The van der Waals surface area contributed by atoms with E-state index in [-0.39, 0.29) is 12.2 Å². The molecule has 0 amide bonds. The lowest BCUT2D eigenvalue weighted by molar-refractivity contribution is -0.145. The molecule has 1 fully saturated rings. The Kier molecular flexibility index (Phi) is 3.02. The quantitative estimate of drug-likeness (QED) is 0.792. The van der Waals surface area contributed by atoms with E-state index >= 15 is 0 Å². The summed E-state index contributed by atoms with van der Waals surface area (Å²) in [7, 11) is 0. The minimum absolute atomic E-state index is 0.0525. The van der Waals surface area contributed by atoms with Crippen LogP contribution in [0.3, 0.4) is 0 Å². The van der Waals surface area contributed by atoms with Gasteiger partial charge in [-0.25, -0.2) is 9.97 Å². The van der Waals surface area contributed by atoms with Gasteiger partial charge in [0, 0.05) is 6.20 Å². The first kappa shape index (κ1) is 13.5. The second-order valence-electron chi connectivity index (χ2n) is 5.71. The van der Waals surface area contributed by atoms with Gasteiger partial charge >= 0.3 is 0 Å². The number of rotatable bonds is 2. The Morgan fingerprint density at radius 1 is 1.35 bits per heavy atom. The highest BCUT2D eigenvalue weighted by Gasteiger charge is 2.38. The summed E-state index contributed by atoms with van der Waals surface area (Å²) in [5.74, 6) is -1.11. The highest BCUT2D eigenvalue weighted by molar-refractivity contribution is 5.78. The van der Waals surface area contributed by atoms with Crippen molar-refractivity contribution in [3.8, 4) is 0 Å². The van der Waals surface area contributed by atoms with Crippen LogP contribution in [-0.2, 0) is 16.0 Å². The molecule has 0 N–H and O–H groups in total. The average Bonchev–Trinajstić information content (AvgIpc) is 2.87. The molecule has 6 heteroatoms. The Labute approximate surface area is 116 Å². The molecule has 5 nitrogen and oxygen atoms in total. The minimum atomic E-state index is -0.604. The van der Waals surface area contributed by atoms with E-state index in [9.17, 15) is 4.39 Å². The Bertz CT molecular complexity index is 653. The third-order valence-corrected chi connectivity index (χ3v) is 3.58. The normalized spacial score (nSPS) is 25.4. The van der Waals surface area contributed by atoms with Crippen LogP contribution in [0.4, 0.5) is 4.39 Å². The molecule has 2 atom stereocenters. The first-order chi connectivity index (χ1) is 9.37. The zero-order chi connectivity index (χ0) is 14.5. The fourth-order valence-electron chi connectivity index (χ4n) is 2.69. The predicted molar refractivity (Wildman–Crippen MR) is 71.7 cm³/mol. The third kappa shape index (κ3) is 2.19. The van der Waals surface area contributed by atoms with Crippen LogP contribution in [-0.4, -0.2) is 32.5 Å². The summed E-state index contributed by atoms with van der Waals surface area (Å²) in [4.78, 5) is 8.03. The molecular formula is C14H18FN3O2. The van der Waals surface area contributed by atoms with Gasteiger partial charge in [-0.1, -0.05) is 0 Å². The fraction of sp³-hybridized carbons (Fsp3) is 0.571. The number of hydrogen-bond donors (Lipinski definition) is 0. The van der Waals surface area contributed by atoms with Gasteiger partial charge in [-0.05, 0) is 33.3 Å². The molecule has 0 saturated carbocycles. The molecule has 3 rings (SSSR count). The molecule has 2 aromatic heterocycles. The Morgan fingerprint density at radius 3 is 2.75 bits per heavy atom. The van der Waals surface area contributed by atoms with Gasteiger partial charge in [0.2, 0.25) is 5.95 Å². The van der Waals surface area contributed by atoms with Crippen molar-refractivity contribution in [3.63, 3.8) is 0 Å². The number of hydrogen-bond acceptors (Lipinski definition) is 4. The number of pyridine rings is 1. The van der Waals surface area contributed by atoms with Crippen molar-refractivity contribution >= 4 is 11.0 Å². The lowest BCUT2D eigenvalue weighted by Crippen LogP contribution is -2.26. The van der Waals surface area contributed by atoms with Gasteiger partial charge in [0.05, 0.1) is 24.5 Å². The van der Waals surface area contributed by atoms with E-state index in [0.29, 0.717) is 17.6 Å². The summed E-state index contributed by atoms with van der Waals surface area (Å²) in [5, 5.41) is 0. The Balaban J connectivity index is 1.94. The van der Waals surface area contributed by atoms with E-state index in [2.05, 4.69) is 9.97 Å². The van der Waals surface area contributed by atoms with E-state index in [1.165, 1.54) is 6.20 Å². The summed E-state index contributed by atoms with van der Waals surface area (Å²) < 4.78 is 27.2. The average molecular weight is 279 g/mol. The van der Waals surface area contributed by atoms with Gasteiger partial charge in [0.1, 0.15) is 11.6 Å². The van der Waals surface area contributed by atoms with Crippen molar-refractivity contribution in [1.82, 2.24) is 14.5 Å². The highest BCUT2D eigenvalue weighted by atomic mass is 19.1. The number of imidazole rings is 1. The van der Waals surface area contributed by atoms with Crippen molar-refractivity contribution in [2.75, 3.05) is 0 Å². The maximum atomic E-state index is 13.9. The van der Waals surface area contributed by atoms with Crippen LogP contribution in [0, 0.1) is 12.9 Å². The van der Waals surface area contributed by atoms with Gasteiger partial charge in [-0.15, -0.1) is 0 Å². The number of ether oxygens (including phenoxy) is 2. The molecule has 0 unspecified atom stereocenters. The summed E-state index contributed by atoms with van der Waals surface area (Å²) in [5.41, 5.74) is 1.92. The fourth-order valence-corrected chi connectivity index (χ4v) is 2.69. The smallest absolute Gasteiger partial charge is 0.239 e. The van der Waals surface area contributed by atoms with Crippen LogP contribution < -0.4 is 0 Å². The standard InChI is InChI=1S/C14H18FN3O2/c1-8-5-16-13(15)12-11(8)17-7-18(12)6-10-9(2)19-14(3,4)20-10/h5,7,9-10H,6H2,1-4H3/t9-,10+/m1/s1. The molecule has 108 valence electrons. The van der Waals surface area contributed by atoms with E-state index in [1.807, 2.05) is 27.7 Å². The highest BCUT2D eigenvalue weighted by Crippen LogP contribution is 2.29. The second kappa shape index (κ2) is 4.49. The molecule has 0 bridgehead atoms. The first-order valence-corrected chi connectivity index (χ1v) is 6.69. The number of aryl methyl sites for hydroxylation is 1. The molecule has 1 aliphatic rings. The third-order valence-electron chi connectivity index (χ3n) is 3.58. The van der Waals surface area contributed by atoms with E-state index in [1.54, 1.807) is 10.9 Å². The van der Waals surface area contributed by atoms with Crippen LogP contribution in [0.25, 0.3) is 11.0 Å². The van der Waals surface area contributed by atoms with Crippen LogP contribution >= 0.6 is 0 Å². The summed E-state index contributed by atoms with van der Waals surface area (Å²) in [6, 6.07) is 0. The molecule has 0 spiro atoms.